The van der Waals surface area contributed by atoms with E-state index in [4.69, 9.17) is 28.9 Å². The van der Waals surface area contributed by atoms with Gasteiger partial charge in [0.1, 0.15) is 0 Å². The lowest BCUT2D eigenvalue weighted by molar-refractivity contribution is 0.610. The number of halogens is 2. The summed E-state index contributed by atoms with van der Waals surface area (Å²) in [6.07, 6.45) is 2.72. The van der Waals surface area contributed by atoms with E-state index in [1.165, 1.54) is 11.1 Å². The van der Waals surface area contributed by atoms with Gasteiger partial charge in [0.2, 0.25) is 0 Å². The van der Waals surface area contributed by atoms with Crippen molar-refractivity contribution in [1.82, 2.24) is 0 Å². The SMILES string of the molecule is Cc1ccc(CCC(N)Cc2ccc(Cl)cc2Cl)cc1. The molecule has 2 aromatic carbocycles. The highest BCUT2D eigenvalue weighted by Crippen LogP contribution is 2.22. The summed E-state index contributed by atoms with van der Waals surface area (Å²) in [4.78, 5) is 0. The van der Waals surface area contributed by atoms with Gasteiger partial charge in [-0.1, -0.05) is 59.1 Å². The Morgan fingerprint density at radius 2 is 1.75 bits per heavy atom. The number of aryl methyl sites for hydroxylation is 2. The van der Waals surface area contributed by atoms with Crippen LogP contribution in [0.1, 0.15) is 23.1 Å². The number of nitrogens with two attached hydrogens (primary N) is 1. The van der Waals surface area contributed by atoms with Crippen molar-refractivity contribution < 1.29 is 0 Å². The molecule has 3 heteroatoms. The van der Waals surface area contributed by atoms with Gasteiger partial charge in [0.15, 0.2) is 0 Å². The predicted molar refractivity (Wildman–Crippen MR) is 87.6 cm³/mol. The summed E-state index contributed by atoms with van der Waals surface area (Å²) in [5.74, 6) is 0. The second-order valence-corrected chi connectivity index (χ2v) is 6.07. The maximum Gasteiger partial charge on any atom is 0.0453 e. The Balaban J connectivity index is 1.89. The zero-order chi connectivity index (χ0) is 14.5. The van der Waals surface area contributed by atoms with Gasteiger partial charge < -0.3 is 5.73 Å². The fourth-order valence-electron chi connectivity index (χ4n) is 2.18. The largest absolute Gasteiger partial charge is 0.327 e. The van der Waals surface area contributed by atoms with Crippen LogP contribution >= 0.6 is 23.2 Å². The van der Waals surface area contributed by atoms with Gasteiger partial charge in [0, 0.05) is 16.1 Å². The molecule has 0 heterocycles. The zero-order valence-electron chi connectivity index (χ0n) is 11.6. The van der Waals surface area contributed by atoms with Crippen molar-refractivity contribution in [3.05, 3.63) is 69.2 Å². The Morgan fingerprint density at radius 1 is 1.05 bits per heavy atom. The van der Waals surface area contributed by atoms with Crippen molar-refractivity contribution in [1.29, 1.82) is 0 Å². The summed E-state index contributed by atoms with van der Waals surface area (Å²) >= 11 is 12.1. The van der Waals surface area contributed by atoms with E-state index in [1.807, 2.05) is 12.1 Å². The first kappa shape index (κ1) is 15.4. The standard InChI is InChI=1S/C17H19Cl2N/c1-12-2-4-13(5-3-12)6-9-16(20)10-14-7-8-15(18)11-17(14)19/h2-5,7-8,11,16H,6,9-10,20H2,1H3. The lowest BCUT2D eigenvalue weighted by atomic mass is 9.99. The molecule has 1 atom stereocenters. The van der Waals surface area contributed by atoms with E-state index in [0.717, 1.165) is 24.8 Å². The molecule has 2 N–H and O–H groups in total. The minimum Gasteiger partial charge on any atom is -0.327 e. The normalized spacial score (nSPS) is 12.4. The minimum absolute atomic E-state index is 0.106. The van der Waals surface area contributed by atoms with E-state index in [1.54, 1.807) is 6.07 Å². The highest BCUT2D eigenvalue weighted by Gasteiger charge is 2.08. The first-order valence-electron chi connectivity index (χ1n) is 6.79. The molecule has 1 nitrogen and oxygen atoms in total. The maximum absolute atomic E-state index is 6.20. The maximum atomic E-state index is 6.20. The molecule has 20 heavy (non-hydrogen) atoms. The molecule has 0 aliphatic rings. The molecule has 0 saturated heterocycles. The molecule has 1 unspecified atom stereocenters. The Morgan fingerprint density at radius 3 is 2.40 bits per heavy atom. The van der Waals surface area contributed by atoms with E-state index in [0.29, 0.717) is 10.0 Å². The summed E-state index contributed by atoms with van der Waals surface area (Å²) in [5, 5.41) is 1.36. The van der Waals surface area contributed by atoms with Crippen molar-refractivity contribution in [2.45, 2.75) is 32.2 Å². The van der Waals surface area contributed by atoms with Gasteiger partial charge in [-0.2, -0.15) is 0 Å². The van der Waals surface area contributed by atoms with Crippen molar-refractivity contribution in [3.8, 4) is 0 Å². The first-order valence-corrected chi connectivity index (χ1v) is 7.55. The quantitative estimate of drug-likeness (QED) is 0.843. The van der Waals surface area contributed by atoms with Crippen LogP contribution < -0.4 is 5.73 Å². The van der Waals surface area contributed by atoms with Crippen LogP contribution in [0.3, 0.4) is 0 Å². The Bertz CT molecular complexity index is 564. The van der Waals surface area contributed by atoms with E-state index in [9.17, 15) is 0 Å². The van der Waals surface area contributed by atoms with Gasteiger partial charge in [-0.3, -0.25) is 0 Å². The van der Waals surface area contributed by atoms with Gasteiger partial charge in [0.25, 0.3) is 0 Å². The molecule has 0 amide bonds. The third-order valence-corrected chi connectivity index (χ3v) is 4.01. The third-order valence-electron chi connectivity index (χ3n) is 3.42. The smallest absolute Gasteiger partial charge is 0.0453 e. The van der Waals surface area contributed by atoms with E-state index in [2.05, 4.69) is 31.2 Å². The number of benzene rings is 2. The monoisotopic (exact) mass is 307 g/mol. The van der Waals surface area contributed by atoms with Gasteiger partial charge in [-0.25, -0.2) is 0 Å². The molecule has 2 aromatic rings. The Labute approximate surface area is 130 Å². The van der Waals surface area contributed by atoms with Gasteiger partial charge in [-0.15, -0.1) is 0 Å². The molecule has 2 rings (SSSR count). The second kappa shape index (κ2) is 7.12. The molecular weight excluding hydrogens is 289 g/mol. The first-order chi connectivity index (χ1) is 9.54. The topological polar surface area (TPSA) is 26.0 Å². The van der Waals surface area contributed by atoms with Crippen LogP contribution in [0.25, 0.3) is 0 Å². The summed E-state index contributed by atoms with van der Waals surface area (Å²) in [7, 11) is 0. The molecule has 0 bridgehead atoms. The summed E-state index contributed by atoms with van der Waals surface area (Å²) in [5.41, 5.74) is 9.87. The lowest BCUT2D eigenvalue weighted by Crippen LogP contribution is -2.23. The predicted octanol–water partition coefficient (Wildman–Crippen LogP) is 4.80. The highest BCUT2D eigenvalue weighted by atomic mass is 35.5. The summed E-state index contributed by atoms with van der Waals surface area (Å²) < 4.78 is 0. The van der Waals surface area contributed by atoms with Crippen molar-refractivity contribution in [2.24, 2.45) is 5.73 Å². The van der Waals surface area contributed by atoms with Gasteiger partial charge >= 0.3 is 0 Å². The molecule has 0 radical (unpaired) electrons. The van der Waals surface area contributed by atoms with E-state index in [-0.39, 0.29) is 6.04 Å². The van der Waals surface area contributed by atoms with Gasteiger partial charge in [0.05, 0.1) is 0 Å². The molecule has 0 fully saturated rings. The molecular formula is C17H19Cl2N. The van der Waals surface area contributed by atoms with E-state index < -0.39 is 0 Å². The number of rotatable bonds is 5. The molecule has 0 spiro atoms. The molecule has 0 saturated carbocycles. The number of hydrogen-bond acceptors (Lipinski definition) is 1. The van der Waals surface area contributed by atoms with Crippen molar-refractivity contribution in [3.63, 3.8) is 0 Å². The highest BCUT2D eigenvalue weighted by molar-refractivity contribution is 6.35. The van der Waals surface area contributed by atoms with Crippen molar-refractivity contribution in [2.75, 3.05) is 0 Å². The molecule has 106 valence electrons. The Hall–Kier alpha value is -1.02. The van der Waals surface area contributed by atoms with Crippen molar-refractivity contribution >= 4 is 23.2 Å². The third kappa shape index (κ3) is 4.52. The van der Waals surface area contributed by atoms with Crippen LogP contribution in [0.5, 0.6) is 0 Å². The summed E-state index contributed by atoms with van der Waals surface area (Å²) in [6.45, 7) is 2.10. The molecule has 0 aliphatic heterocycles. The van der Waals surface area contributed by atoms with Crippen LogP contribution in [0.2, 0.25) is 10.0 Å². The lowest BCUT2D eigenvalue weighted by Gasteiger charge is -2.13. The average molecular weight is 308 g/mol. The summed E-state index contributed by atoms with van der Waals surface area (Å²) in [6, 6.07) is 14.3. The van der Waals surface area contributed by atoms with Crippen LogP contribution in [0.15, 0.2) is 42.5 Å². The fourth-order valence-corrected chi connectivity index (χ4v) is 2.66. The zero-order valence-corrected chi connectivity index (χ0v) is 13.1. The Kier molecular flexibility index (Phi) is 5.47. The molecule has 0 aromatic heterocycles. The fraction of sp³-hybridized carbons (Fsp3) is 0.294. The average Bonchev–Trinajstić information content (AvgIpc) is 2.41. The van der Waals surface area contributed by atoms with Crippen LogP contribution in [-0.2, 0) is 12.8 Å². The van der Waals surface area contributed by atoms with Crippen LogP contribution in [0.4, 0.5) is 0 Å². The minimum atomic E-state index is 0.106. The number of hydrogen-bond donors (Lipinski definition) is 1. The van der Waals surface area contributed by atoms with E-state index >= 15 is 0 Å². The van der Waals surface area contributed by atoms with Gasteiger partial charge in [-0.05, 0) is 49.4 Å². The molecule has 0 aliphatic carbocycles. The second-order valence-electron chi connectivity index (χ2n) is 5.22. The van der Waals surface area contributed by atoms with Crippen LogP contribution in [-0.4, -0.2) is 6.04 Å². The van der Waals surface area contributed by atoms with Crippen LogP contribution in [0, 0.1) is 6.92 Å².